The number of rotatable bonds is 4. The zero-order valence-electron chi connectivity index (χ0n) is 10.9. The third-order valence-corrected chi connectivity index (χ3v) is 4.45. The molecule has 1 aliphatic heterocycles. The zero-order valence-corrected chi connectivity index (χ0v) is 10.9. The number of hydrogen-bond donors (Lipinski definition) is 1. The molecule has 0 aromatic carbocycles. The second-order valence-corrected chi connectivity index (χ2v) is 5.79. The van der Waals surface area contributed by atoms with Crippen molar-refractivity contribution in [2.24, 2.45) is 5.92 Å². The maximum absolute atomic E-state index is 6.12. The predicted octanol–water partition coefficient (Wildman–Crippen LogP) is 3.11. The molecule has 2 unspecified atom stereocenters. The lowest BCUT2D eigenvalue weighted by Crippen LogP contribution is -2.49. The van der Waals surface area contributed by atoms with Gasteiger partial charge >= 0.3 is 0 Å². The van der Waals surface area contributed by atoms with E-state index in [0.717, 1.165) is 19.1 Å². The molecule has 2 heteroatoms. The SMILES string of the molecule is CCCNC1CCOC(C)(C2CCCC2)C1. The largest absolute Gasteiger partial charge is 0.375 e. The van der Waals surface area contributed by atoms with Crippen molar-refractivity contribution in [3.05, 3.63) is 0 Å². The van der Waals surface area contributed by atoms with Crippen LogP contribution in [0.15, 0.2) is 0 Å². The van der Waals surface area contributed by atoms with Crippen molar-refractivity contribution in [2.75, 3.05) is 13.2 Å². The van der Waals surface area contributed by atoms with Crippen molar-refractivity contribution in [3.63, 3.8) is 0 Å². The van der Waals surface area contributed by atoms with Crippen molar-refractivity contribution in [2.45, 2.75) is 70.4 Å². The Labute approximate surface area is 100 Å². The van der Waals surface area contributed by atoms with Crippen LogP contribution >= 0.6 is 0 Å². The Morgan fingerprint density at radius 3 is 2.69 bits per heavy atom. The lowest BCUT2D eigenvalue weighted by atomic mass is 9.80. The molecular formula is C14H27NO. The van der Waals surface area contributed by atoms with Gasteiger partial charge in [-0.25, -0.2) is 0 Å². The standard InChI is InChI=1S/C14H27NO/c1-3-9-15-13-8-10-16-14(2,11-13)12-6-4-5-7-12/h12-13,15H,3-11H2,1-2H3. The highest BCUT2D eigenvalue weighted by molar-refractivity contribution is 4.93. The molecule has 1 aliphatic carbocycles. The molecule has 1 heterocycles. The number of ether oxygens (including phenoxy) is 1. The summed E-state index contributed by atoms with van der Waals surface area (Å²) in [5.41, 5.74) is 0.167. The van der Waals surface area contributed by atoms with E-state index in [1.165, 1.54) is 44.9 Å². The fourth-order valence-corrected chi connectivity index (χ4v) is 3.43. The summed E-state index contributed by atoms with van der Waals surface area (Å²) in [5, 5.41) is 3.67. The molecule has 0 aromatic rings. The highest BCUT2D eigenvalue weighted by Gasteiger charge is 2.40. The van der Waals surface area contributed by atoms with Crippen LogP contribution < -0.4 is 5.32 Å². The average Bonchev–Trinajstić information content (AvgIpc) is 2.80. The van der Waals surface area contributed by atoms with E-state index < -0.39 is 0 Å². The lowest BCUT2D eigenvalue weighted by molar-refractivity contribution is -0.111. The molecule has 0 bridgehead atoms. The first-order chi connectivity index (χ1) is 7.74. The first-order valence-corrected chi connectivity index (χ1v) is 7.12. The van der Waals surface area contributed by atoms with Crippen LogP contribution in [0, 0.1) is 5.92 Å². The summed E-state index contributed by atoms with van der Waals surface area (Å²) in [6.45, 7) is 6.70. The quantitative estimate of drug-likeness (QED) is 0.794. The molecular weight excluding hydrogens is 198 g/mol. The number of hydrogen-bond acceptors (Lipinski definition) is 2. The summed E-state index contributed by atoms with van der Waals surface area (Å²) in [6.07, 6.45) is 9.25. The second-order valence-electron chi connectivity index (χ2n) is 5.79. The summed E-state index contributed by atoms with van der Waals surface area (Å²) in [5.74, 6) is 0.818. The third-order valence-electron chi connectivity index (χ3n) is 4.45. The molecule has 2 fully saturated rings. The molecule has 1 saturated heterocycles. The van der Waals surface area contributed by atoms with Crippen molar-refractivity contribution < 1.29 is 4.74 Å². The Hall–Kier alpha value is -0.0800. The maximum Gasteiger partial charge on any atom is 0.0697 e. The van der Waals surface area contributed by atoms with E-state index in [4.69, 9.17) is 4.74 Å². The van der Waals surface area contributed by atoms with Crippen molar-refractivity contribution in [1.82, 2.24) is 5.32 Å². The van der Waals surface area contributed by atoms with Gasteiger partial charge in [0, 0.05) is 12.6 Å². The smallest absolute Gasteiger partial charge is 0.0697 e. The third kappa shape index (κ3) is 2.78. The van der Waals surface area contributed by atoms with Crippen LogP contribution in [0.1, 0.15) is 58.8 Å². The van der Waals surface area contributed by atoms with E-state index in [1.54, 1.807) is 0 Å². The molecule has 16 heavy (non-hydrogen) atoms. The normalized spacial score (nSPS) is 36.8. The minimum absolute atomic E-state index is 0.167. The van der Waals surface area contributed by atoms with Crippen LogP contribution in [-0.2, 0) is 4.74 Å². The fraction of sp³-hybridized carbons (Fsp3) is 1.00. The van der Waals surface area contributed by atoms with E-state index in [1.807, 2.05) is 0 Å². The molecule has 1 saturated carbocycles. The van der Waals surface area contributed by atoms with Crippen LogP contribution in [0.2, 0.25) is 0 Å². The fourth-order valence-electron chi connectivity index (χ4n) is 3.43. The summed E-state index contributed by atoms with van der Waals surface area (Å²) in [6, 6.07) is 0.694. The van der Waals surface area contributed by atoms with Crippen molar-refractivity contribution in [3.8, 4) is 0 Å². The molecule has 0 radical (unpaired) electrons. The van der Waals surface area contributed by atoms with Crippen LogP contribution in [0.3, 0.4) is 0 Å². The van der Waals surface area contributed by atoms with Crippen molar-refractivity contribution in [1.29, 1.82) is 0 Å². The Bertz CT molecular complexity index is 213. The molecule has 0 amide bonds. The highest BCUT2D eigenvalue weighted by Crippen LogP contribution is 2.41. The topological polar surface area (TPSA) is 21.3 Å². The zero-order chi connectivity index (χ0) is 11.4. The van der Waals surface area contributed by atoms with Crippen LogP contribution in [0.25, 0.3) is 0 Å². The highest BCUT2D eigenvalue weighted by atomic mass is 16.5. The molecule has 2 aliphatic rings. The first kappa shape index (κ1) is 12.4. The van der Waals surface area contributed by atoms with Crippen LogP contribution in [-0.4, -0.2) is 24.8 Å². The monoisotopic (exact) mass is 225 g/mol. The van der Waals surface area contributed by atoms with Crippen LogP contribution in [0.4, 0.5) is 0 Å². The molecule has 1 N–H and O–H groups in total. The molecule has 94 valence electrons. The van der Waals surface area contributed by atoms with Crippen molar-refractivity contribution >= 4 is 0 Å². The predicted molar refractivity (Wildman–Crippen MR) is 67.6 cm³/mol. The Morgan fingerprint density at radius 2 is 2.00 bits per heavy atom. The Morgan fingerprint density at radius 1 is 1.25 bits per heavy atom. The maximum atomic E-state index is 6.12. The first-order valence-electron chi connectivity index (χ1n) is 7.12. The van der Waals surface area contributed by atoms with E-state index >= 15 is 0 Å². The summed E-state index contributed by atoms with van der Waals surface area (Å²) in [7, 11) is 0. The van der Waals surface area contributed by atoms with Gasteiger partial charge in [-0.05, 0) is 51.5 Å². The van der Waals surface area contributed by atoms with Gasteiger partial charge in [-0.15, -0.1) is 0 Å². The van der Waals surface area contributed by atoms with Gasteiger partial charge in [-0.3, -0.25) is 0 Å². The average molecular weight is 225 g/mol. The van der Waals surface area contributed by atoms with E-state index in [0.29, 0.717) is 6.04 Å². The molecule has 2 nitrogen and oxygen atoms in total. The van der Waals surface area contributed by atoms with Gasteiger partial charge < -0.3 is 10.1 Å². The molecule has 0 spiro atoms. The Balaban J connectivity index is 1.88. The molecule has 2 rings (SSSR count). The van der Waals surface area contributed by atoms with Gasteiger partial charge in [-0.2, -0.15) is 0 Å². The summed E-state index contributed by atoms with van der Waals surface area (Å²) < 4.78 is 6.12. The minimum Gasteiger partial charge on any atom is -0.375 e. The summed E-state index contributed by atoms with van der Waals surface area (Å²) in [4.78, 5) is 0. The van der Waals surface area contributed by atoms with Gasteiger partial charge in [0.25, 0.3) is 0 Å². The van der Waals surface area contributed by atoms with Gasteiger partial charge in [-0.1, -0.05) is 19.8 Å². The van der Waals surface area contributed by atoms with E-state index in [9.17, 15) is 0 Å². The van der Waals surface area contributed by atoms with E-state index in [2.05, 4.69) is 19.2 Å². The Kier molecular flexibility index (Phi) is 4.26. The van der Waals surface area contributed by atoms with Gasteiger partial charge in [0.05, 0.1) is 5.60 Å². The molecule has 0 aromatic heterocycles. The van der Waals surface area contributed by atoms with Crippen LogP contribution in [0.5, 0.6) is 0 Å². The van der Waals surface area contributed by atoms with Gasteiger partial charge in [0.2, 0.25) is 0 Å². The second kappa shape index (κ2) is 5.50. The van der Waals surface area contributed by atoms with E-state index in [-0.39, 0.29) is 5.60 Å². The van der Waals surface area contributed by atoms with Gasteiger partial charge in [0.15, 0.2) is 0 Å². The number of nitrogens with one attached hydrogen (secondary N) is 1. The van der Waals surface area contributed by atoms with Gasteiger partial charge in [0.1, 0.15) is 0 Å². The lowest BCUT2D eigenvalue weighted by Gasteiger charge is -2.42. The minimum atomic E-state index is 0.167. The summed E-state index contributed by atoms with van der Waals surface area (Å²) >= 11 is 0. The molecule has 2 atom stereocenters.